The molecule has 1 aromatic heterocycles. The minimum Gasteiger partial charge on any atom is -0.394 e. The maximum atomic E-state index is 12.9. The van der Waals surface area contributed by atoms with Crippen LogP contribution < -0.4 is 10.6 Å². The number of aromatic amines is 1. The number of alkyl halides is 3. The van der Waals surface area contributed by atoms with Crippen LogP contribution in [-0.2, 0) is 6.18 Å². The standard InChI is InChI=1S/C15H15F4N5O2/c1-8(7-25)20-14(21-12-6-11(23-24-12)15(17,18)19)22-13(26)9-2-4-10(16)5-3-9/h2-6,8,25H,7H2,1H3,(H3,20,21,22,23,24,26)/t8-/m0/s1. The van der Waals surface area contributed by atoms with Gasteiger partial charge >= 0.3 is 6.18 Å². The van der Waals surface area contributed by atoms with E-state index in [9.17, 15) is 22.4 Å². The van der Waals surface area contributed by atoms with Crippen LogP contribution in [0.25, 0.3) is 0 Å². The number of halogens is 4. The lowest BCUT2D eigenvalue weighted by Gasteiger charge is -2.12. The van der Waals surface area contributed by atoms with Crippen LogP contribution in [-0.4, -0.2) is 39.8 Å². The van der Waals surface area contributed by atoms with Crippen molar-refractivity contribution in [2.45, 2.75) is 19.1 Å². The number of H-pyrrole nitrogens is 1. The lowest BCUT2D eigenvalue weighted by Crippen LogP contribution is -2.37. The molecule has 11 heteroatoms. The number of hydrogen-bond donors (Lipinski definition) is 4. The van der Waals surface area contributed by atoms with E-state index in [1.165, 1.54) is 19.1 Å². The first-order chi connectivity index (χ1) is 12.2. The summed E-state index contributed by atoms with van der Waals surface area (Å²) in [5, 5.41) is 19.1. The van der Waals surface area contributed by atoms with Gasteiger partial charge in [0.15, 0.2) is 5.82 Å². The molecular formula is C15H15F4N5O2. The number of aromatic nitrogens is 2. The molecule has 4 N–H and O–H groups in total. The molecule has 1 amide bonds. The van der Waals surface area contributed by atoms with Crippen molar-refractivity contribution in [3.8, 4) is 0 Å². The molecule has 0 saturated heterocycles. The number of nitrogens with zero attached hydrogens (tertiary/aromatic N) is 2. The van der Waals surface area contributed by atoms with E-state index in [1.807, 2.05) is 5.10 Å². The predicted molar refractivity (Wildman–Crippen MR) is 85.1 cm³/mol. The maximum absolute atomic E-state index is 12.9. The molecule has 2 aromatic rings. The van der Waals surface area contributed by atoms with Crippen LogP contribution in [0.3, 0.4) is 0 Å². The summed E-state index contributed by atoms with van der Waals surface area (Å²) in [4.78, 5) is 16.1. The highest BCUT2D eigenvalue weighted by atomic mass is 19.4. The fraction of sp³-hybridized carbons (Fsp3) is 0.267. The Morgan fingerprint density at radius 1 is 1.35 bits per heavy atom. The molecule has 0 saturated carbocycles. The number of aliphatic hydroxyl groups excluding tert-OH is 1. The van der Waals surface area contributed by atoms with Gasteiger partial charge in [0.25, 0.3) is 5.91 Å². The van der Waals surface area contributed by atoms with Gasteiger partial charge in [0.2, 0.25) is 5.96 Å². The number of aliphatic imine (C=N–C) groups is 1. The molecule has 0 spiro atoms. The van der Waals surface area contributed by atoms with Crippen LogP contribution in [0.2, 0.25) is 0 Å². The van der Waals surface area contributed by atoms with E-state index >= 15 is 0 Å². The number of anilines is 1. The van der Waals surface area contributed by atoms with E-state index in [2.05, 4.69) is 20.7 Å². The molecule has 0 fully saturated rings. The number of aliphatic hydroxyl groups is 1. The Balaban J connectivity index is 2.18. The highest BCUT2D eigenvalue weighted by Gasteiger charge is 2.33. The Labute approximate surface area is 145 Å². The SMILES string of the molecule is C[C@@H](CO)N=C(NC(=O)c1ccc(F)cc1)Nc1cc(C(F)(F)F)[nH]n1. The summed E-state index contributed by atoms with van der Waals surface area (Å²) >= 11 is 0. The van der Waals surface area contributed by atoms with Gasteiger partial charge in [-0.1, -0.05) is 0 Å². The van der Waals surface area contributed by atoms with Crippen molar-refractivity contribution in [2.75, 3.05) is 11.9 Å². The number of nitrogens with one attached hydrogen (secondary N) is 3. The summed E-state index contributed by atoms with van der Waals surface area (Å²) in [5.74, 6) is -1.66. The highest BCUT2D eigenvalue weighted by molar-refractivity contribution is 6.09. The van der Waals surface area contributed by atoms with Crippen LogP contribution in [0.1, 0.15) is 23.0 Å². The van der Waals surface area contributed by atoms with Crippen molar-refractivity contribution in [3.63, 3.8) is 0 Å². The Morgan fingerprint density at radius 2 is 2.00 bits per heavy atom. The first-order valence-electron chi connectivity index (χ1n) is 7.34. The second kappa shape index (κ2) is 7.95. The molecule has 1 heterocycles. The first-order valence-corrected chi connectivity index (χ1v) is 7.34. The molecule has 0 aliphatic heterocycles. The minimum atomic E-state index is -4.61. The van der Waals surface area contributed by atoms with Crippen molar-refractivity contribution < 1.29 is 27.5 Å². The quantitative estimate of drug-likeness (QED) is 0.375. The largest absolute Gasteiger partial charge is 0.432 e. The number of carbonyl (C=O) groups is 1. The van der Waals surface area contributed by atoms with Crippen molar-refractivity contribution in [1.82, 2.24) is 15.5 Å². The fourth-order valence-electron chi connectivity index (χ4n) is 1.79. The third-order valence-electron chi connectivity index (χ3n) is 3.08. The van der Waals surface area contributed by atoms with Gasteiger partial charge in [-0.3, -0.25) is 15.2 Å². The summed E-state index contributed by atoms with van der Waals surface area (Å²) in [6.45, 7) is 1.17. The van der Waals surface area contributed by atoms with E-state index in [-0.39, 0.29) is 23.9 Å². The molecule has 0 unspecified atom stereocenters. The molecule has 0 aliphatic rings. The van der Waals surface area contributed by atoms with E-state index in [4.69, 9.17) is 5.11 Å². The maximum Gasteiger partial charge on any atom is 0.432 e. The van der Waals surface area contributed by atoms with Crippen molar-refractivity contribution >= 4 is 17.7 Å². The minimum absolute atomic E-state index is 0.107. The van der Waals surface area contributed by atoms with Gasteiger partial charge in [0, 0.05) is 11.6 Å². The molecule has 0 bridgehead atoms. The molecule has 7 nitrogen and oxygen atoms in total. The Bertz CT molecular complexity index is 786. The molecule has 1 aromatic carbocycles. The number of amides is 1. The predicted octanol–water partition coefficient (Wildman–Crippen LogP) is 2.15. The van der Waals surface area contributed by atoms with Gasteiger partial charge in [0.05, 0.1) is 12.6 Å². The zero-order valence-corrected chi connectivity index (χ0v) is 13.4. The summed E-state index contributed by atoms with van der Waals surface area (Å²) in [6.07, 6.45) is -4.61. The highest BCUT2D eigenvalue weighted by Crippen LogP contribution is 2.28. The number of rotatable bonds is 4. The van der Waals surface area contributed by atoms with Gasteiger partial charge in [-0.25, -0.2) is 9.38 Å². The zero-order valence-electron chi connectivity index (χ0n) is 13.4. The van der Waals surface area contributed by atoms with E-state index in [0.29, 0.717) is 6.07 Å². The zero-order chi connectivity index (χ0) is 19.3. The molecule has 2 rings (SSSR count). The van der Waals surface area contributed by atoms with Gasteiger partial charge < -0.3 is 10.4 Å². The normalized spacial score (nSPS) is 13.4. The molecule has 0 radical (unpaired) electrons. The molecular weight excluding hydrogens is 358 g/mol. The van der Waals surface area contributed by atoms with Crippen LogP contribution in [0.4, 0.5) is 23.4 Å². The lowest BCUT2D eigenvalue weighted by molar-refractivity contribution is -0.141. The first kappa shape index (κ1) is 19.4. The Morgan fingerprint density at radius 3 is 2.54 bits per heavy atom. The van der Waals surface area contributed by atoms with Crippen LogP contribution in [0, 0.1) is 5.82 Å². The molecule has 26 heavy (non-hydrogen) atoms. The van der Waals surface area contributed by atoms with Crippen LogP contribution in [0.5, 0.6) is 0 Å². The smallest absolute Gasteiger partial charge is 0.394 e. The van der Waals surface area contributed by atoms with Crippen molar-refractivity contribution in [2.24, 2.45) is 4.99 Å². The van der Waals surface area contributed by atoms with Gasteiger partial charge in [0.1, 0.15) is 11.5 Å². The summed E-state index contributed by atoms with van der Waals surface area (Å²) in [5.41, 5.74) is -0.977. The van der Waals surface area contributed by atoms with Crippen LogP contribution >= 0.6 is 0 Å². The van der Waals surface area contributed by atoms with Gasteiger partial charge in [-0.15, -0.1) is 0 Å². The van der Waals surface area contributed by atoms with Gasteiger partial charge in [-0.05, 0) is 31.2 Å². The third-order valence-corrected chi connectivity index (χ3v) is 3.08. The Kier molecular flexibility index (Phi) is 5.93. The van der Waals surface area contributed by atoms with E-state index < -0.39 is 29.6 Å². The molecule has 0 aliphatic carbocycles. The molecule has 140 valence electrons. The van der Waals surface area contributed by atoms with Crippen molar-refractivity contribution in [1.29, 1.82) is 0 Å². The summed E-state index contributed by atoms with van der Waals surface area (Å²) in [6, 6.07) is 4.68. The number of hydrogen-bond acceptors (Lipinski definition) is 4. The average molecular weight is 373 g/mol. The summed E-state index contributed by atoms with van der Waals surface area (Å²) < 4.78 is 50.7. The topological polar surface area (TPSA) is 102 Å². The number of guanidine groups is 1. The Hall–Kier alpha value is -2.95. The number of benzene rings is 1. The summed E-state index contributed by atoms with van der Waals surface area (Å²) in [7, 11) is 0. The molecule has 1 atom stereocenters. The monoisotopic (exact) mass is 373 g/mol. The van der Waals surface area contributed by atoms with Crippen molar-refractivity contribution in [3.05, 3.63) is 47.4 Å². The number of carbonyl (C=O) groups excluding carboxylic acids is 1. The average Bonchev–Trinajstić information content (AvgIpc) is 3.04. The second-order valence-electron chi connectivity index (χ2n) is 5.26. The van der Waals surface area contributed by atoms with E-state index in [0.717, 1.165) is 12.1 Å². The third kappa shape index (κ3) is 5.28. The van der Waals surface area contributed by atoms with Gasteiger partial charge in [-0.2, -0.15) is 18.3 Å². The lowest BCUT2D eigenvalue weighted by atomic mass is 10.2. The van der Waals surface area contributed by atoms with Crippen LogP contribution in [0.15, 0.2) is 35.3 Å². The van der Waals surface area contributed by atoms with E-state index in [1.54, 1.807) is 0 Å². The second-order valence-corrected chi connectivity index (χ2v) is 5.26. The fourth-order valence-corrected chi connectivity index (χ4v) is 1.79.